The summed E-state index contributed by atoms with van der Waals surface area (Å²) >= 11 is 0. The number of rotatable bonds is 3. The molecule has 1 aliphatic carbocycles. The van der Waals surface area contributed by atoms with Crippen molar-refractivity contribution in [3.05, 3.63) is 17.8 Å². The zero-order valence-corrected chi connectivity index (χ0v) is 7.66. The van der Waals surface area contributed by atoms with E-state index in [0.29, 0.717) is 18.4 Å². The van der Waals surface area contributed by atoms with E-state index in [1.165, 1.54) is 12.8 Å². The molecule has 0 aliphatic heterocycles. The van der Waals surface area contributed by atoms with Crippen LogP contribution in [-0.4, -0.2) is 10.8 Å². The summed E-state index contributed by atoms with van der Waals surface area (Å²) in [5.74, 6) is 2.73. The lowest BCUT2D eigenvalue weighted by Gasteiger charge is -1.94. The number of nitrogens with two attached hydrogens (primary N) is 1. The van der Waals surface area contributed by atoms with E-state index in [-0.39, 0.29) is 0 Å². The molecule has 0 aromatic carbocycles. The second-order valence-corrected chi connectivity index (χ2v) is 3.38. The van der Waals surface area contributed by atoms with Crippen molar-refractivity contribution in [1.29, 1.82) is 0 Å². The summed E-state index contributed by atoms with van der Waals surface area (Å²) in [5.41, 5.74) is 5.71. The number of oxazole rings is 1. The molecule has 0 unspecified atom stereocenters. The number of hydrogen-bond acceptors (Lipinski definition) is 3. The summed E-state index contributed by atoms with van der Waals surface area (Å²) in [7, 11) is 0. The quantitative estimate of drug-likeness (QED) is 0.561. The molecule has 1 aromatic rings. The van der Waals surface area contributed by atoms with E-state index >= 15 is 0 Å². The average Bonchev–Trinajstić information content (AvgIpc) is 2.87. The summed E-state index contributed by atoms with van der Waals surface area (Å²) in [6.07, 6.45) is 4.05. The zero-order chi connectivity index (χ0) is 9.26. The first-order valence-electron chi connectivity index (χ1n) is 4.47. The molecule has 1 fully saturated rings. The maximum Gasteiger partial charge on any atom is 0.216 e. The van der Waals surface area contributed by atoms with E-state index in [1.807, 2.05) is 6.92 Å². The standard InChI is InChI=1S/C9H13N3O/c1-6-4-11-8(13-6)5-12-9(10)7-2-3-7/h4,7H,2-3,5H2,1H3,(H2,10,12). The van der Waals surface area contributed by atoms with Crippen LogP contribution in [0, 0.1) is 12.8 Å². The smallest absolute Gasteiger partial charge is 0.216 e. The van der Waals surface area contributed by atoms with Crippen molar-refractivity contribution < 1.29 is 4.42 Å². The molecule has 0 amide bonds. The number of aromatic nitrogens is 1. The van der Waals surface area contributed by atoms with Gasteiger partial charge in [0.1, 0.15) is 12.3 Å². The van der Waals surface area contributed by atoms with Gasteiger partial charge in [0.05, 0.1) is 12.0 Å². The third kappa shape index (κ3) is 2.08. The van der Waals surface area contributed by atoms with E-state index in [9.17, 15) is 0 Å². The number of hydrogen-bond donors (Lipinski definition) is 1. The Morgan fingerprint density at radius 3 is 3.08 bits per heavy atom. The molecule has 0 spiro atoms. The fourth-order valence-corrected chi connectivity index (χ4v) is 1.14. The fourth-order valence-electron chi connectivity index (χ4n) is 1.14. The van der Waals surface area contributed by atoms with Gasteiger partial charge in [-0.25, -0.2) is 4.98 Å². The van der Waals surface area contributed by atoms with Gasteiger partial charge in [0.2, 0.25) is 5.89 Å². The van der Waals surface area contributed by atoms with Crippen LogP contribution in [0.5, 0.6) is 0 Å². The van der Waals surface area contributed by atoms with Gasteiger partial charge in [-0.05, 0) is 19.8 Å². The first-order valence-corrected chi connectivity index (χ1v) is 4.47. The SMILES string of the molecule is Cc1cnc(CN=C(N)C2CC2)o1. The summed E-state index contributed by atoms with van der Waals surface area (Å²) in [5, 5.41) is 0. The molecule has 1 aliphatic rings. The Morgan fingerprint density at radius 2 is 2.54 bits per heavy atom. The minimum absolute atomic E-state index is 0.468. The Morgan fingerprint density at radius 1 is 1.77 bits per heavy atom. The van der Waals surface area contributed by atoms with E-state index in [4.69, 9.17) is 10.2 Å². The normalized spacial score (nSPS) is 17.8. The third-order valence-electron chi connectivity index (χ3n) is 2.06. The molecule has 4 nitrogen and oxygen atoms in total. The van der Waals surface area contributed by atoms with Crippen molar-refractivity contribution in [2.45, 2.75) is 26.3 Å². The van der Waals surface area contributed by atoms with Crippen molar-refractivity contribution in [3.63, 3.8) is 0 Å². The number of aliphatic imine (C=N–C) groups is 1. The Balaban J connectivity index is 1.94. The average molecular weight is 179 g/mol. The highest BCUT2D eigenvalue weighted by molar-refractivity contribution is 5.84. The minimum Gasteiger partial charge on any atom is -0.444 e. The summed E-state index contributed by atoms with van der Waals surface area (Å²) in [4.78, 5) is 8.25. The molecule has 1 heterocycles. The third-order valence-corrected chi connectivity index (χ3v) is 2.06. The van der Waals surface area contributed by atoms with Gasteiger partial charge in [-0.1, -0.05) is 0 Å². The predicted molar refractivity (Wildman–Crippen MR) is 49.3 cm³/mol. The maximum atomic E-state index is 5.71. The van der Waals surface area contributed by atoms with E-state index in [1.54, 1.807) is 6.20 Å². The largest absolute Gasteiger partial charge is 0.444 e. The number of nitrogens with zero attached hydrogens (tertiary/aromatic N) is 2. The highest BCUT2D eigenvalue weighted by atomic mass is 16.4. The van der Waals surface area contributed by atoms with Crippen molar-refractivity contribution in [2.75, 3.05) is 0 Å². The lowest BCUT2D eigenvalue weighted by molar-refractivity contribution is 0.474. The fraction of sp³-hybridized carbons (Fsp3) is 0.556. The van der Waals surface area contributed by atoms with Gasteiger partial charge in [0, 0.05) is 5.92 Å². The molecule has 70 valence electrons. The predicted octanol–water partition coefficient (Wildman–Crippen LogP) is 1.25. The van der Waals surface area contributed by atoms with E-state index < -0.39 is 0 Å². The molecular weight excluding hydrogens is 166 g/mol. The van der Waals surface area contributed by atoms with Crippen molar-refractivity contribution in [1.82, 2.24) is 4.98 Å². The first-order chi connectivity index (χ1) is 6.25. The van der Waals surface area contributed by atoms with Gasteiger partial charge in [-0.2, -0.15) is 0 Å². The molecule has 13 heavy (non-hydrogen) atoms. The molecule has 4 heteroatoms. The van der Waals surface area contributed by atoms with Gasteiger partial charge in [0.15, 0.2) is 0 Å². The Labute approximate surface area is 76.9 Å². The molecule has 1 saturated carbocycles. The molecule has 0 atom stereocenters. The van der Waals surface area contributed by atoms with Crippen molar-refractivity contribution in [3.8, 4) is 0 Å². The van der Waals surface area contributed by atoms with Crippen LogP contribution in [0.4, 0.5) is 0 Å². The molecule has 0 saturated heterocycles. The van der Waals surface area contributed by atoms with E-state index in [0.717, 1.165) is 11.6 Å². The van der Waals surface area contributed by atoms with Crippen LogP contribution in [0.1, 0.15) is 24.5 Å². The Kier molecular flexibility index (Phi) is 2.04. The second kappa shape index (κ2) is 3.20. The van der Waals surface area contributed by atoms with Crippen molar-refractivity contribution in [2.24, 2.45) is 16.6 Å². The molecular formula is C9H13N3O. The Bertz CT molecular complexity index is 325. The van der Waals surface area contributed by atoms with Gasteiger partial charge >= 0.3 is 0 Å². The summed E-state index contributed by atoms with van der Waals surface area (Å²) < 4.78 is 5.26. The molecule has 0 bridgehead atoms. The monoisotopic (exact) mass is 179 g/mol. The van der Waals surface area contributed by atoms with Gasteiger partial charge in [-0.15, -0.1) is 0 Å². The molecule has 2 N–H and O–H groups in total. The van der Waals surface area contributed by atoms with Crippen LogP contribution in [0.15, 0.2) is 15.6 Å². The first kappa shape index (κ1) is 8.29. The lowest BCUT2D eigenvalue weighted by Crippen LogP contribution is -2.14. The van der Waals surface area contributed by atoms with Crippen LogP contribution < -0.4 is 5.73 Å². The van der Waals surface area contributed by atoms with E-state index in [2.05, 4.69) is 9.98 Å². The summed E-state index contributed by atoms with van der Waals surface area (Å²) in [6, 6.07) is 0. The van der Waals surface area contributed by atoms with Crippen LogP contribution in [0.3, 0.4) is 0 Å². The lowest BCUT2D eigenvalue weighted by atomic mass is 10.4. The Hall–Kier alpha value is -1.32. The summed E-state index contributed by atoms with van der Waals surface area (Å²) in [6.45, 7) is 2.33. The van der Waals surface area contributed by atoms with Gasteiger partial charge < -0.3 is 10.2 Å². The maximum absolute atomic E-state index is 5.71. The van der Waals surface area contributed by atoms with Crippen LogP contribution in [0.2, 0.25) is 0 Å². The van der Waals surface area contributed by atoms with Crippen LogP contribution in [-0.2, 0) is 6.54 Å². The van der Waals surface area contributed by atoms with Crippen LogP contribution in [0.25, 0.3) is 0 Å². The number of aryl methyl sites for hydroxylation is 1. The van der Waals surface area contributed by atoms with Crippen molar-refractivity contribution >= 4 is 5.84 Å². The topological polar surface area (TPSA) is 64.4 Å². The number of amidine groups is 1. The highest BCUT2D eigenvalue weighted by Crippen LogP contribution is 2.28. The second-order valence-electron chi connectivity index (χ2n) is 3.38. The zero-order valence-electron chi connectivity index (χ0n) is 7.66. The highest BCUT2D eigenvalue weighted by Gasteiger charge is 2.25. The molecule has 0 radical (unpaired) electrons. The molecule has 1 aromatic heterocycles. The van der Waals surface area contributed by atoms with Crippen LogP contribution >= 0.6 is 0 Å². The van der Waals surface area contributed by atoms with Gasteiger partial charge in [-0.3, -0.25) is 4.99 Å². The minimum atomic E-state index is 0.468. The van der Waals surface area contributed by atoms with Gasteiger partial charge in [0.25, 0.3) is 0 Å². The molecule has 2 rings (SSSR count).